The van der Waals surface area contributed by atoms with Crippen molar-refractivity contribution < 1.29 is 24.3 Å². The summed E-state index contributed by atoms with van der Waals surface area (Å²) < 4.78 is 0. The molecule has 3 amide bonds. The number of carbonyl (C=O) groups excluding carboxylic acids is 3. The Hall–Kier alpha value is -3.37. The molecule has 59 heavy (non-hydrogen) atoms. The van der Waals surface area contributed by atoms with Crippen LogP contribution in [0.1, 0.15) is 226 Å². The maximum Gasteiger partial charge on any atom is 0.326 e. The number of nitrogens with zero attached hydrogens (tertiary/aromatic N) is 1. The SMILES string of the molecule is CCCCCCCCC=CCCCCCCCC(=O)NCCCCC(NC(=O)CCCCCCCC=CCCCCCCCC)C(=O)NC(CCCN=C(N)N)C(=O)O. The Balaban J connectivity index is 4.50. The lowest BCUT2D eigenvalue weighted by Crippen LogP contribution is -2.51. The zero-order valence-electron chi connectivity index (χ0n) is 37.9. The van der Waals surface area contributed by atoms with Gasteiger partial charge in [0.1, 0.15) is 12.1 Å². The van der Waals surface area contributed by atoms with Crippen LogP contribution >= 0.6 is 0 Å². The molecule has 0 aliphatic carbocycles. The molecule has 0 bridgehead atoms. The second-order valence-corrected chi connectivity index (χ2v) is 16.5. The monoisotopic (exact) mass is 831 g/mol. The van der Waals surface area contributed by atoms with Gasteiger partial charge in [0.15, 0.2) is 5.96 Å². The predicted molar refractivity (Wildman–Crippen MR) is 247 cm³/mol. The molecular weight excluding hydrogens is 741 g/mol. The first-order valence-corrected chi connectivity index (χ1v) is 24.2. The average molecular weight is 831 g/mol. The molecule has 0 saturated heterocycles. The second kappa shape index (κ2) is 42.7. The first kappa shape index (κ1) is 55.6. The van der Waals surface area contributed by atoms with Crippen molar-refractivity contribution in [1.29, 1.82) is 0 Å². The van der Waals surface area contributed by atoms with Crippen LogP contribution in [0.25, 0.3) is 0 Å². The van der Waals surface area contributed by atoms with Gasteiger partial charge in [0.25, 0.3) is 0 Å². The Bertz CT molecular complexity index is 1120. The topological polar surface area (TPSA) is 189 Å². The van der Waals surface area contributed by atoms with Crippen LogP contribution in [-0.2, 0) is 19.2 Å². The number of guanidine groups is 1. The van der Waals surface area contributed by atoms with Crippen molar-refractivity contribution in [2.75, 3.05) is 13.1 Å². The average Bonchev–Trinajstić information content (AvgIpc) is 3.21. The third-order valence-corrected chi connectivity index (χ3v) is 10.8. The summed E-state index contributed by atoms with van der Waals surface area (Å²) in [7, 11) is 0. The maximum absolute atomic E-state index is 13.3. The van der Waals surface area contributed by atoms with E-state index in [9.17, 15) is 24.3 Å². The van der Waals surface area contributed by atoms with E-state index in [1.165, 1.54) is 103 Å². The van der Waals surface area contributed by atoms with Gasteiger partial charge in [-0.15, -0.1) is 0 Å². The minimum atomic E-state index is -1.16. The number of hydrogen-bond acceptors (Lipinski definition) is 5. The Morgan fingerprint density at radius 3 is 1.39 bits per heavy atom. The molecule has 2 unspecified atom stereocenters. The first-order valence-electron chi connectivity index (χ1n) is 24.2. The minimum absolute atomic E-state index is 0.0372. The van der Waals surface area contributed by atoms with Crippen molar-refractivity contribution in [2.45, 2.75) is 238 Å². The Labute approximate surface area is 360 Å². The van der Waals surface area contributed by atoms with Gasteiger partial charge in [-0.3, -0.25) is 19.4 Å². The summed E-state index contributed by atoms with van der Waals surface area (Å²) in [6, 6.07) is -1.99. The highest BCUT2D eigenvalue weighted by molar-refractivity contribution is 5.90. The number of carboxylic acid groups (broad SMARTS) is 1. The molecular formula is C48H90N6O5. The van der Waals surface area contributed by atoms with Gasteiger partial charge < -0.3 is 32.5 Å². The van der Waals surface area contributed by atoms with Crippen molar-refractivity contribution in [1.82, 2.24) is 16.0 Å². The third kappa shape index (κ3) is 39.8. The van der Waals surface area contributed by atoms with E-state index in [2.05, 4.69) is 59.1 Å². The smallest absolute Gasteiger partial charge is 0.326 e. The number of nitrogens with one attached hydrogen (secondary N) is 3. The first-order chi connectivity index (χ1) is 28.7. The molecule has 0 heterocycles. The molecule has 2 atom stereocenters. The minimum Gasteiger partial charge on any atom is -0.480 e. The summed E-state index contributed by atoms with van der Waals surface area (Å²) in [5, 5.41) is 18.2. The highest BCUT2D eigenvalue weighted by Crippen LogP contribution is 2.13. The number of allylic oxidation sites excluding steroid dienone is 4. The molecule has 0 aromatic carbocycles. The van der Waals surface area contributed by atoms with Crippen LogP contribution in [0.2, 0.25) is 0 Å². The second-order valence-electron chi connectivity index (χ2n) is 16.5. The molecule has 0 aliphatic rings. The number of rotatable bonds is 43. The molecule has 0 spiro atoms. The number of hydrogen-bond donors (Lipinski definition) is 6. The largest absolute Gasteiger partial charge is 0.480 e. The van der Waals surface area contributed by atoms with Crippen molar-refractivity contribution in [2.24, 2.45) is 16.5 Å². The van der Waals surface area contributed by atoms with Crippen molar-refractivity contribution in [3.05, 3.63) is 24.3 Å². The Morgan fingerprint density at radius 1 is 0.508 bits per heavy atom. The van der Waals surface area contributed by atoms with Gasteiger partial charge in [-0.05, 0) is 96.3 Å². The van der Waals surface area contributed by atoms with E-state index >= 15 is 0 Å². The lowest BCUT2D eigenvalue weighted by atomic mass is 10.1. The molecule has 11 heteroatoms. The highest BCUT2D eigenvalue weighted by atomic mass is 16.4. The third-order valence-electron chi connectivity index (χ3n) is 10.8. The summed E-state index contributed by atoms with van der Waals surface area (Å²) in [6.07, 6.45) is 43.3. The van der Waals surface area contributed by atoms with Crippen LogP contribution in [0.3, 0.4) is 0 Å². The van der Waals surface area contributed by atoms with Gasteiger partial charge in [-0.1, -0.05) is 141 Å². The number of unbranched alkanes of at least 4 members (excludes halogenated alkanes) is 23. The lowest BCUT2D eigenvalue weighted by Gasteiger charge is -2.21. The van der Waals surface area contributed by atoms with E-state index in [0.29, 0.717) is 45.1 Å². The molecule has 0 saturated carbocycles. The van der Waals surface area contributed by atoms with Gasteiger partial charge >= 0.3 is 5.97 Å². The van der Waals surface area contributed by atoms with Gasteiger partial charge in [-0.25, -0.2) is 4.79 Å². The van der Waals surface area contributed by atoms with E-state index in [1.54, 1.807) is 0 Å². The molecule has 342 valence electrons. The fourth-order valence-electron chi connectivity index (χ4n) is 7.07. The van der Waals surface area contributed by atoms with Gasteiger partial charge in [0.05, 0.1) is 0 Å². The molecule has 0 aliphatic heterocycles. The van der Waals surface area contributed by atoms with Gasteiger partial charge in [0.2, 0.25) is 17.7 Å². The summed E-state index contributed by atoms with van der Waals surface area (Å²) in [5.41, 5.74) is 10.7. The number of carbonyl (C=O) groups is 4. The van der Waals surface area contributed by atoms with Crippen LogP contribution in [0.4, 0.5) is 0 Å². The van der Waals surface area contributed by atoms with Crippen molar-refractivity contribution in [3.8, 4) is 0 Å². The number of amides is 3. The normalized spacial score (nSPS) is 12.4. The summed E-state index contributed by atoms with van der Waals surface area (Å²) >= 11 is 0. The van der Waals surface area contributed by atoms with Crippen LogP contribution < -0.4 is 27.4 Å². The Kier molecular flexibility index (Phi) is 40.3. The van der Waals surface area contributed by atoms with Crippen LogP contribution in [0.5, 0.6) is 0 Å². The van der Waals surface area contributed by atoms with Crippen LogP contribution in [-0.4, -0.2) is 59.9 Å². The maximum atomic E-state index is 13.3. The lowest BCUT2D eigenvalue weighted by molar-refractivity contribution is -0.142. The standard InChI is InChI=1S/C48H90N6O5/c1-3-5-7-9-11-13-15-17-19-21-23-25-27-29-31-38-44(55)51-40-34-33-36-42(46(57)54-43(47(58)59)37-35-41-52-48(49)50)53-45(56)39-32-30-28-26-24-22-20-18-16-14-12-10-8-6-4-2/h17-20,42-43H,3-16,21-41H2,1-2H3,(H,51,55)(H,53,56)(H,54,57)(H,58,59)(H4,49,50,52). The van der Waals surface area contributed by atoms with E-state index in [-0.39, 0.29) is 30.7 Å². The number of aliphatic carboxylic acids is 1. The van der Waals surface area contributed by atoms with E-state index in [1.807, 2.05) is 0 Å². The van der Waals surface area contributed by atoms with E-state index in [4.69, 9.17) is 11.5 Å². The summed E-state index contributed by atoms with van der Waals surface area (Å²) in [4.78, 5) is 54.5. The quantitative estimate of drug-likeness (QED) is 0.0153. The molecule has 0 aromatic rings. The molecule has 0 rings (SSSR count). The highest BCUT2D eigenvalue weighted by Gasteiger charge is 2.26. The van der Waals surface area contributed by atoms with Gasteiger partial charge in [-0.2, -0.15) is 0 Å². The van der Waals surface area contributed by atoms with E-state index < -0.39 is 24.0 Å². The molecule has 8 N–H and O–H groups in total. The molecule has 11 nitrogen and oxygen atoms in total. The zero-order valence-corrected chi connectivity index (χ0v) is 37.9. The Morgan fingerprint density at radius 2 is 0.932 bits per heavy atom. The summed E-state index contributed by atoms with van der Waals surface area (Å²) in [6.45, 7) is 5.24. The zero-order chi connectivity index (χ0) is 43.4. The predicted octanol–water partition coefficient (Wildman–Crippen LogP) is 10.5. The molecule has 0 fully saturated rings. The van der Waals surface area contributed by atoms with E-state index in [0.717, 1.165) is 64.2 Å². The number of nitrogens with two attached hydrogens (primary N) is 2. The van der Waals surface area contributed by atoms with Crippen LogP contribution in [0, 0.1) is 0 Å². The fraction of sp³-hybridized carbons (Fsp3) is 0.812. The van der Waals surface area contributed by atoms with Crippen molar-refractivity contribution in [3.63, 3.8) is 0 Å². The fourth-order valence-corrected chi connectivity index (χ4v) is 7.07. The molecule has 0 aromatic heterocycles. The van der Waals surface area contributed by atoms with Crippen molar-refractivity contribution >= 4 is 29.7 Å². The van der Waals surface area contributed by atoms with Crippen LogP contribution in [0.15, 0.2) is 29.3 Å². The number of aliphatic imine (C=N–C) groups is 1. The van der Waals surface area contributed by atoms with Gasteiger partial charge in [0, 0.05) is 25.9 Å². The number of carboxylic acids is 1. The summed E-state index contributed by atoms with van der Waals surface area (Å²) in [5.74, 6) is -1.93. The molecule has 0 radical (unpaired) electrons.